The molecule has 0 unspecified atom stereocenters. The van der Waals surface area contributed by atoms with Crippen molar-refractivity contribution in [3.8, 4) is 0 Å². The molecule has 0 aliphatic heterocycles. The first-order chi connectivity index (χ1) is 4.58. The molecule has 1 nitrogen and oxygen atoms in total. The molecular weight excluding hydrogens is 160 g/mol. The van der Waals surface area contributed by atoms with Crippen LogP contribution in [-0.2, 0) is 0 Å². The van der Waals surface area contributed by atoms with Crippen molar-refractivity contribution in [2.45, 2.75) is 24.7 Å². The molecule has 1 aromatic rings. The maximum absolute atomic E-state index is 5.21. The molecule has 0 radical (unpaired) electrons. The van der Waals surface area contributed by atoms with E-state index < -0.39 is 7.22 Å². The molecule has 56 valence electrons. The predicted molar refractivity (Wildman–Crippen MR) is 47.9 cm³/mol. The second kappa shape index (κ2) is 2.84. The summed E-state index contributed by atoms with van der Waals surface area (Å²) < 4.78 is 5.21. The van der Waals surface area contributed by atoms with Gasteiger partial charge >= 0.3 is 0 Å². The normalized spacial score (nSPS) is 11.9. The first kappa shape index (κ1) is 7.95. The van der Waals surface area contributed by atoms with Crippen LogP contribution in [0.2, 0.25) is 19.6 Å². The van der Waals surface area contributed by atoms with E-state index in [0.29, 0.717) is 0 Å². The topological polar surface area (TPSA) is 13.1 Å². The summed E-state index contributed by atoms with van der Waals surface area (Å²) in [5.41, 5.74) is 0. The molecule has 0 amide bonds. The zero-order valence-electron chi connectivity index (χ0n) is 6.55. The van der Waals surface area contributed by atoms with E-state index in [1.165, 1.54) is 0 Å². The van der Waals surface area contributed by atoms with Crippen LogP contribution in [0.4, 0.5) is 0 Å². The Labute approximate surface area is 66.5 Å². The van der Waals surface area contributed by atoms with Crippen molar-refractivity contribution in [1.29, 1.82) is 0 Å². The van der Waals surface area contributed by atoms with Gasteiger partial charge in [-0.25, -0.2) is 0 Å². The highest BCUT2D eigenvalue weighted by atomic mass is 32.4. The van der Waals surface area contributed by atoms with E-state index in [2.05, 4.69) is 19.6 Å². The Kier molecular flexibility index (Phi) is 2.26. The van der Waals surface area contributed by atoms with Gasteiger partial charge in [0, 0.05) is 0 Å². The highest BCUT2D eigenvalue weighted by Gasteiger charge is 2.15. The molecule has 3 heteroatoms. The third-order valence-electron chi connectivity index (χ3n) is 0.902. The molecule has 10 heavy (non-hydrogen) atoms. The molecule has 0 saturated heterocycles. The average Bonchev–Trinajstić information content (AvgIpc) is 2.12. The Morgan fingerprint density at radius 1 is 1.40 bits per heavy atom. The summed E-state index contributed by atoms with van der Waals surface area (Å²) in [6, 6.07) is 3.95. The standard InChI is InChI=1S/C7H12OSSi/c1-10(2,3)9-7-5-4-6-8-7/h4-6H,1-3H3. The lowest BCUT2D eigenvalue weighted by Gasteiger charge is -2.11. The van der Waals surface area contributed by atoms with E-state index in [1.807, 2.05) is 23.3 Å². The lowest BCUT2D eigenvalue weighted by Crippen LogP contribution is -2.12. The van der Waals surface area contributed by atoms with Gasteiger partial charge in [-0.2, -0.15) is 0 Å². The summed E-state index contributed by atoms with van der Waals surface area (Å²) in [4.78, 5) is 0. The second-order valence-corrected chi connectivity index (χ2v) is 12.3. The number of hydrogen-bond donors (Lipinski definition) is 0. The number of hydrogen-bond acceptors (Lipinski definition) is 2. The fourth-order valence-electron chi connectivity index (χ4n) is 0.623. The summed E-state index contributed by atoms with van der Waals surface area (Å²) in [7, 11) is -1.04. The van der Waals surface area contributed by atoms with Crippen molar-refractivity contribution in [1.82, 2.24) is 0 Å². The molecule has 0 bridgehead atoms. The van der Waals surface area contributed by atoms with Crippen molar-refractivity contribution in [3.05, 3.63) is 18.4 Å². The third-order valence-corrected chi connectivity index (χ3v) is 4.39. The number of rotatable bonds is 2. The Balaban J connectivity index is 2.57. The summed E-state index contributed by atoms with van der Waals surface area (Å²) in [6.45, 7) is 6.92. The van der Waals surface area contributed by atoms with Gasteiger partial charge in [-0.15, -0.1) is 11.2 Å². The molecule has 0 aromatic carbocycles. The van der Waals surface area contributed by atoms with Crippen molar-refractivity contribution in [2.24, 2.45) is 0 Å². The van der Waals surface area contributed by atoms with E-state index in [9.17, 15) is 0 Å². The van der Waals surface area contributed by atoms with E-state index >= 15 is 0 Å². The first-order valence-electron chi connectivity index (χ1n) is 3.30. The van der Waals surface area contributed by atoms with Crippen LogP contribution < -0.4 is 0 Å². The van der Waals surface area contributed by atoms with E-state index in [1.54, 1.807) is 6.26 Å². The molecule has 1 heterocycles. The zero-order chi connectivity index (χ0) is 7.61. The Morgan fingerprint density at radius 2 is 2.10 bits per heavy atom. The highest BCUT2D eigenvalue weighted by molar-refractivity contribution is 8.28. The molecular formula is C7H12OSSi. The summed E-state index contributed by atoms with van der Waals surface area (Å²) in [6.07, 6.45) is 1.72. The molecule has 1 rings (SSSR count). The highest BCUT2D eigenvalue weighted by Crippen LogP contribution is 2.28. The van der Waals surface area contributed by atoms with Crippen LogP contribution in [0.1, 0.15) is 0 Å². The molecule has 0 spiro atoms. The lowest BCUT2D eigenvalue weighted by molar-refractivity contribution is 0.475. The number of furan rings is 1. The van der Waals surface area contributed by atoms with Gasteiger partial charge in [0.1, 0.15) is 7.22 Å². The maximum Gasteiger partial charge on any atom is 0.154 e. The minimum Gasteiger partial charge on any atom is -0.459 e. The minimum absolute atomic E-state index is 1.04. The second-order valence-electron chi connectivity index (χ2n) is 3.15. The van der Waals surface area contributed by atoms with E-state index in [0.717, 1.165) is 5.09 Å². The van der Waals surface area contributed by atoms with Crippen molar-refractivity contribution < 1.29 is 4.42 Å². The first-order valence-corrected chi connectivity index (χ1v) is 8.34. The molecule has 0 fully saturated rings. The third kappa shape index (κ3) is 2.62. The summed E-state index contributed by atoms with van der Waals surface area (Å²) in [5.74, 6) is 0. The van der Waals surface area contributed by atoms with Crippen LogP contribution in [0.5, 0.6) is 0 Å². The van der Waals surface area contributed by atoms with Gasteiger partial charge in [0.2, 0.25) is 0 Å². The summed E-state index contributed by atoms with van der Waals surface area (Å²) in [5, 5.41) is 1.05. The van der Waals surface area contributed by atoms with Crippen molar-refractivity contribution in [2.75, 3.05) is 0 Å². The fourth-order valence-corrected chi connectivity index (χ4v) is 3.64. The molecule has 0 N–H and O–H groups in total. The largest absolute Gasteiger partial charge is 0.459 e. The van der Waals surface area contributed by atoms with Gasteiger partial charge in [0.05, 0.1) is 6.26 Å². The average molecular weight is 172 g/mol. The monoisotopic (exact) mass is 172 g/mol. The van der Waals surface area contributed by atoms with Crippen LogP contribution in [0.15, 0.2) is 27.9 Å². The van der Waals surface area contributed by atoms with Gasteiger partial charge in [-0.3, -0.25) is 0 Å². The van der Waals surface area contributed by atoms with Crippen LogP contribution in [0, 0.1) is 0 Å². The van der Waals surface area contributed by atoms with Gasteiger partial charge in [-0.05, 0) is 12.1 Å². The van der Waals surface area contributed by atoms with E-state index in [4.69, 9.17) is 4.42 Å². The SMILES string of the molecule is C[Si](C)(C)Sc1ccco1. The Morgan fingerprint density at radius 3 is 2.50 bits per heavy atom. The molecule has 0 aliphatic carbocycles. The van der Waals surface area contributed by atoms with Crippen LogP contribution in [0.3, 0.4) is 0 Å². The Bertz CT molecular complexity index is 188. The van der Waals surface area contributed by atoms with Crippen molar-refractivity contribution in [3.63, 3.8) is 0 Å². The molecule has 0 saturated carbocycles. The zero-order valence-corrected chi connectivity index (χ0v) is 8.37. The Hall–Kier alpha value is -0.153. The molecule has 0 aliphatic rings. The molecule has 0 atom stereocenters. The van der Waals surface area contributed by atoms with Crippen LogP contribution in [-0.4, -0.2) is 7.22 Å². The smallest absolute Gasteiger partial charge is 0.154 e. The quantitative estimate of drug-likeness (QED) is 0.635. The van der Waals surface area contributed by atoms with E-state index in [-0.39, 0.29) is 0 Å². The van der Waals surface area contributed by atoms with Gasteiger partial charge < -0.3 is 4.42 Å². The van der Waals surface area contributed by atoms with Gasteiger partial charge in [0.15, 0.2) is 5.09 Å². The van der Waals surface area contributed by atoms with Crippen molar-refractivity contribution >= 4 is 18.4 Å². The summed E-state index contributed by atoms with van der Waals surface area (Å²) >= 11 is 1.88. The predicted octanol–water partition coefficient (Wildman–Crippen LogP) is 3.21. The minimum atomic E-state index is -1.04. The van der Waals surface area contributed by atoms with Crippen LogP contribution in [0.25, 0.3) is 0 Å². The lowest BCUT2D eigenvalue weighted by atomic mass is 10.7. The maximum atomic E-state index is 5.21. The van der Waals surface area contributed by atoms with Gasteiger partial charge in [-0.1, -0.05) is 19.6 Å². The molecule has 1 aromatic heterocycles. The van der Waals surface area contributed by atoms with Gasteiger partial charge in [0.25, 0.3) is 0 Å². The van der Waals surface area contributed by atoms with Crippen LogP contribution >= 0.6 is 11.2 Å². The fraction of sp³-hybridized carbons (Fsp3) is 0.429.